The molecule has 94 valence electrons. The minimum atomic E-state index is -0.337. The third-order valence-electron chi connectivity index (χ3n) is 2.78. The number of aryl methyl sites for hydroxylation is 1. The van der Waals surface area contributed by atoms with E-state index < -0.39 is 0 Å². The number of hydrogen-bond donors (Lipinski definition) is 1. The average molecular weight is 246 g/mol. The lowest BCUT2D eigenvalue weighted by atomic mass is 10.0. The summed E-state index contributed by atoms with van der Waals surface area (Å²) in [7, 11) is 1.36. The molecule has 1 N–H and O–H groups in total. The van der Waals surface area contributed by atoms with Crippen LogP contribution < -0.4 is 5.43 Å². The number of ether oxygens (including phenoxy) is 1. The normalized spacial score (nSPS) is 14.1. The van der Waals surface area contributed by atoms with Crippen molar-refractivity contribution in [1.29, 1.82) is 0 Å². The molecular formula is C13H14N2O3. The fourth-order valence-corrected chi connectivity index (χ4v) is 1.76. The van der Waals surface area contributed by atoms with E-state index >= 15 is 0 Å². The number of nitrogens with one attached hydrogen (secondary N) is 1. The maximum absolute atomic E-state index is 11.2. The van der Waals surface area contributed by atoms with Crippen LogP contribution in [-0.4, -0.2) is 24.7 Å². The fraction of sp³-hybridized carbons (Fsp3) is 0.308. The Hall–Kier alpha value is -2.17. The van der Waals surface area contributed by atoms with Crippen molar-refractivity contribution in [2.75, 3.05) is 7.11 Å². The van der Waals surface area contributed by atoms with E-state index in [0.717, 1.165) is 24.1 Å². The van der Waals surface area contributed by atoms with Gasteiger partial charge in [-0.15, -0.1) is 0 Å². The third kappa shape index (κ3) is 2.94. The van der Waals surface area contributed by atoms with Crippen molar-refractivity contribution in [3.63, 3.8) is 0 Å². The van der Waals surface area contributed by atoms with Crippen molar-refractivity contribution in [3.8, 4) is 0 Å². The molecule has 5 heteroatoms. The predicted octanol–water partition coefficient (Wildman–Crippen LogP) is 1.28. The van der Waals surface area contributed by atoms with Crippen molar-refractivity contribution < 1.29 is 14.3 Å². The molecule has 0 fully saturated rings. The lowest BCUT2D eigenvalue weighted by Gasteiger charge is -2.02. The topological polar surface area (TPSA) is 67.8 Å². The second-order valence-corrected chi connectivity index (χ2v) is 4.08. The van der Waals surface area contributed by atoms with Crippen molar-refractivity contribution >= 4 is 17.6 Å². The SMILES string of the molecule is COC(=O)c1ccc(CCC2=NNC(=O)C2)cc1. The van der Waals surface area contributed by atoms with Crippen LogP contribution in [0, 0.1) is 0 Å². The van der Waals surface area contributed by atoms with Gasteiger partial charge in [0.1, 0.15) is 0 Å². The quantitative estimate of drug-likeness (QED) is 0.814. The molecule has 1 heterocycles. The molecular weight excluding hydrogens is 232 g/mol. The molecule has 0 spiro atoms. The first kappa shape index (κ1) is 12.3. The minimum absolute atomic E-state index is 0.0500. The first-order chi connectivity index (χ1) is 8.69. The number of amides is 1. The van der Waals surface area contributed by atoms with E-state index in [9.17, 15) is 9.59 Å². The van der Waals surface area contributed by atoms with Gasteiger partial charge in [-0.1, -0.05) is 12.1 Å². The van der Waals surface area contributed by atoms with Crippen molar-refractivity contribution in [2.45, 2.75) is 19.3 Å². The van der Waals surface area contributed by atoms with Crippen molar-refractivity contribution in [1.82, 2.24) is 5.43 Å². The van der Waals surface area contributed by atoms with Gasteiger partial charge in [-0.2, -0.15) is 5.10 Å². The molecule has 0 unspecified atom stereocenters. The summed E-state index contributed by atoms with van der Waals surface area (Å²) in [6, 6.07) is 7.25. The second kappa shape index (κ2) is 5.44. The van der Waals surface area contributed by atoms with Gasteiger partial charge in [0.05, 0.1) is 19.1 Å². The predicted molar refractivity (Wildman–Crippen MR) is 66.3 cm³/mol. The van der Waals surface area contributed by atoms with E-state index in [4.69, 9.17) is 0 Å². The Labute approximate surface area is 105 Å². The molecule has 2 rings (SSSR count). The number of carbonyl (C=O) groups excluding carboxylic acids is 2. The molecule has 1 aliphatic heterocycles. The van der Waals surface area contributed by atoms with E-state index in [0.29, 0.717) is 12.0 Å². The lowest BCUT2D eigenvalue weighted by Crippen LogP contribution is -2.09. The molecule has 0 aromatic heterocycles. The van der Waals surface area contributed by atoms with Gasteiger partial charge in [0.2, 0.25) is 5.91 Å². The maximum Gasteiger partial charge on any atom is 0.337 e. The average Bonchev–Trinajstić information content (AvgIpc) is 2.82. The van der Waals surface area contributed by atoms with Gasteiger partial charge in [0.15, 0.2) is 0 Å². The highest BCUT2D eigenvalue weighted by atomic mass is 16.5. The monoisotopic (exact) mass is 246 g/mol. The number of nitrogens with zero attached hydrogens (tertiary/aromatic N) is 1. The molecule has 0 atom stereocenters. The number of hydrazone groups is 1. The van der Waals surface area contributed by atoms with Gasteiger partial charge in [-0.05, 0) is 30.5 Å². The highest BCUT2D eigenvalue weighted by molar-refractivity contribution is 6.04. The molecule has 1 amide bonds. The van der Waals surface area contributed by atoms with Gasteiger partial charge >= 0.3 is 5.97 Å². The molecule has 0 saturated heterocycles. The Morgan fingerprint density at radius 1 is 1.33 bits per heavy atom. The zero-order valence-corrected chi connectivity index (χ0v) is 10.1. The summed E-state index contributed by atoms with van der Waals surface area (Å²) in [5.41, 5.74) is 4.94. The van der Waals surface area contributed by atoms with Crippen LogP contribution in [0.3, 0.4) is 0 Å². The number of benzene rings is 1. The fourth-order valence-electron chi connectivity index (χ4n) is 1.76. The summed E-state index contributed by atoms with van der Waals surface area (Å²) < 4.78 is 4.63. The molecule has 0 bridgehead atoms. The number of rotatable bonds is 4. The summed E-state index contributed by atoms with van der Waals surface area (Å²) in [4.78, 5) is 22.2. The summed E-state index contributed by atoms with van der Waals surface area (Å²) >= 11 is 0. The third-order valence-corrected chi connectivity index (χ3v) is 2.78. The minimum Gasteiger partial charge on any atom is -0.465 e. The largest absolute Gasteiger partial charge is 0.465 e. The van der Waals surface area contributed by atoms with E-state index in [1.807, 2.05) is 12.1 Å². The molecule has 0 radical (unpaired) electrons. The van der Waals surface area contributed by atoms with Crippen LogP contribution in [0.4, 0.5) is 0 Å². The van der Waals surface area contributed by atoms with Crippen LogP contribution >= 0.6 is 0 Å². The molecule has 0 aliphatic carbocycles. The number of carbonyl (C=O) groups is 2. The van der Waals surface area contributed by atoms with E-state index in [1.54, 1.807) is 12.1 Å². The van der Waals surface area contributed by atoms with Gasteiger partial charge in [0, 0.05) is 5.71 Å². The van der Waals surface area contributed by atoms with E-state index in [-0.39, 0.29) is 11.9 Å². The van der Waals surface area contributed by atoms with Gasteiger partial charge in [-0.3, -0.25) is 4.79 Å². The number of hydrogen-bond acceptors (Lipinski definition) is 4. The highest BCUT2D eigenvalue weighted by Crippen LogP contribution is 2.10. The van der Waals surface area contributed by atoms with Crippen LogP contribution in [0.25, 0.3) is 0 Å². The summed E-state index contributed by atoms with van der Waals surface area (Å²) in [6.07, 6.45) is 1.94. The Balaban J connectivity index is 1.90. The Morgan fingerprint density at radius 3 is 2.61 bits per heavy atom. The zero-order valence-electron chi connectivity index (χ0n) is 10.1. The van der Waals surface area contributed by atoms with Crippen LogP contribution in [0.5, 0.6) is 0 Å². The molecule has 0 saturated carbocycles. The molecule has 1 aliphatic rings. The zero-order chi connectivity index (χ0) is 13.0. The van der Waals surface area contributed by atoms with Crippen molar-refractivity contribution in [2.24, 2.45) is 5.10 Å². The van der Waals surface area contributed by atoms with E-state index in [2.05, 4.69) is 15.3 Å². The highest BCUT2D eigenvalue weighted by Gasteiger charge is 2.13. The number of esters is 1. The smallest absolute Gasteiger partial charge is 0.337 e. The summed E-state index contributed by atoms with van der Waals surface area (Å²) in [5.74, 6) is -0.387. The second-order valence-electron chi connectivity index (χ2n) is 4.08. The van der Waals surface area contributed by atoms with Crippen LogP contribution in [0.2, 0.25) is 0 Å². The Kier molecular flexibility index (Phi) is 3.72. The molecule has 18 heavy (non-hydrogen) atoms. The first-order valence-electron chi connectivity index (χ1n) is 5.70. The molecule has 5 nitrogen and oxygen atoms in total. The van der Waals surface area contributed by atoms with E-state index in [1.165, 1.54) is 7.11 Å². The van der Waals surface area contributed by atoms with Gasteiger partial charge in [-0.25, -0.2) is 10.2 Å². The standard InChI is InChI=1S/C13H14N2O3/c1-18-13(17)10-5-2-9(3-6-10)4-7-11-8-12(16)15-14-11/h2-3,5-6H,4,7-8H2,1H3,(H,15,16). The maximum atomic E-state index is 11.2. The van der Waals surface area contributed by atoms with Crippen LogP contribution in [0.15, 0.2) is 29.4 Å². The number of methoxy groups -OCH3 is 1. The summed E-state index contributed by atoms with van der Waals surface area (Å²) in [6.45, 7) is 0. The van der Waals surface area contributed by atoms with Gasteiger partial charge < -0.3 is 4.74 Å². The summed E-state index contributed by atoms with van der Waals surface area (Å²) in [5, 5.41) is 3.93. The molecule has 1 aromatic carbocycles. The lowest BCUT2D eigenvalue weighted by molar-refractivity contribution is -0.119. The van der Waals surface area contributed by atoms with Crippen LogP contribution in [0.1, 0.15) is 28.8 Å². The Bertz CT molecular complexity index is 491. The Morgan fingerprint density at radius 2 is 2.06 bits per heavy atom. The first-order valence-corrected chi connectivity index (χ1v) is 5.70. The van der Waals surface area contributed by atoms with Gasteiger partial charge in [0.25, 0.3) is 0 Å². The molecule has 1 aromatic rings. The van der Waals surface area contributed by atoms with Crippen molar-refractivity contribution in [3.05, 3.63) is 35.4 Å². The van der Waals surface area contributed by atoms with Crippen LogP contribution in [-0.2, 0) is 16.0 Å².